The molecule has 1 heterocycles. The summed E-state index contributed by atoms with van der Waals surface area (Å²) in [5.41, 5.74) is 0. The third-order valence-corrected chi connectivity index (χ3v) is 4.39. The van der Waals surface area contributed by atoms with E-state index in [1.165, 1.54) is 31.4 Å². The van der Waals surface area contributed by atoms with Crippen molar-refractivity contribution in [1.29, 1.82) is 0 Å². The van der Waals surface area contributed by atoms with E-state index in [-0.39, 0.29) is 0 Å². The molecule has 0 radical (unpaired) electrons. The second-order valence-electron chi connectivity index (χ2n) is 5.05. The first kappa shape index (κ1) is 14.7. The standard InChI is InChI=1S/C13H27N3S/c1-11(2)6-4-8-15-13(14-3)16-10-12-7-5-9-17-12/h11-12H,4-10H2,1-3H3,(H2,14,15,16). The minimum atomic E-state index is 0.782. The van der Waals surface area contributed by atoms with Crippen LogP contribution in [0.5, 0.6) is 0 Å². The Balaban J connectivity index is 2.07. The first-order chi connectivity index (χ1) is 8.22. The van der Waals surface area contributed by atoms with E-state index in [1.54, 1.807) is 0 Å². The van der Waals surface area contributed by atoms with Crippen LogP contribution in [-0.2, 0) is 0 Å². The molecule has 100 valence electrons. The molecule has 0 aromatic carbocycles. The molecule has 1 saturated heterocycles. The van der Waals surface area contributed by atoms with Crippen LogP contribution in [0.3, 0.4) is 0 Å². The Labute approximate surface area is 110 Å². The van der Waals surface area contributed by atoms with Crippen LogP contribution in [0.25, 0.3) is 0 Å². The number of hydrogen-bond acceptors (Lipinski definition) is 2. The van der Waals surface area contributed by atoms with Crippen molar-refractivity contribution >= 4 is 17.7 Å². The number of hydrogen-bond donors (Lipinski definition) is 2. The smallest absolute Gasteiger partial charge is 0.191 e. The monoisotopic (exact) mass is 257 g/mol. The molecule has 0 aromatic rings. The van der Waals surface area contributed by atoms with Crippen molar-refractivity contribution in [3.63, 3.8) is 0 Å². The van der Waals surface area contributed by atoms with Crippen molar-refractivity contribution in [1.82, 2.24) is 10.6 Å². The normalized spacial score (nSPS) is 20.9. The Morgan fingerprint density at radius 2 is 2.24 bits per heavy atom. The van der Waals surface area contributed by atoms with Gasteiger partial charge in [-0.3, -0.25) is 4.99 Å². The summed E-state index contributed by atoms with van der Waals surface area (Å²) in [6.07, 6.45) is 5.22. The summed E-state index contributed by atoms with van der Waals surface area (Å²) in [6.45, 7) is 6.61. The zero-order valence-corrected chi connectivity index (χ0v) is 12.3. The van der Waals surface area contributed by atoms with Crippen molar-refractivity contribution < 1.29 is 0 Å². The van der Waals surface area contributed by atoms with E-state index in [2.05, 4.69) is 41.2 Å². The summed E-state index contributed by atoms with van der Waals surface area (Å²) in [6, 6.07) is 0. The van der Waals surface area contributed by atoms with E-state index in [4.69, 9.17) is 0 Å². The average molecular weight is 257 g/mol. The van der Waals surface area contributed by atoms with Crippen LogP contribution in [0.15, 0.2) is 4.99 Å². The number of guanidine groups is 1. The molecule has 0 aromatic heterocycles. The Bertz CT molecular complexity index is 223. The Morgan fingerprint density at radius 3 is 2.82 bits per heavy atom. The molecule has 17 heavy (non-hydrogen) atoms. The molecule has 1 aliphatic heterocycles. The van der Waals surface area contributed by atoms with Gasteiger partial charge in [-0.15, -0.1) is 0 Å². The van der Waals surface area contributed by atoms with E-state index >= 15 is 0 Å². The number of nitrogens with one attached hydrogen (secondary N) is 2. The number of thioether (sulfide) groups is 1. The molecular weight excluding hydrogens is 230 g/mol. The molecule has 0 amide bonds. The van der Waals surface area contributed by atoms with Crippen LogP contribution < -0.4 is 10.6 Å². The Kier molecular flexibility index (Phi) is 7.49. The van der Waals surface area contributed by atoms with Crippen molar-refractivity contribution in [2.45, 2.75) is 44.8 Å². The predicted octanol–water partition coefficient (Wildman–Crippen LogP) is 2.48. The van der Waals surface area contributed by atoms with Gasteiger partial charge in [0, 0.05) is 25.4 Å². The molecule has 1 atom stereocenters. The lowest BCUT2D eigenvalue weighted by molar-refractivity contribution is 0.549. The number of nitrogens with zero attached hydrogens (tertiary/aromatic N) is 1. The van der Waals surface area contributed by atoms with Crippen LogP contribution >= 0.6 is 11.8 Å². The van der Waals surface area contributed by atoms with Gasteiger partial charge in [0.2, 0.25) is 0 Å². The highest BCUT2D eigenvalue weighted by Gasteiger charge is 2.15. The Morgan fingerprint density at radius 1 is 1.41 bits per heavy atom. The van der Waals surface area contributed by atoms with Crippen LogP contribution in [-0.4, -0.2) is 37.1 Å². The van der Waals surface area contributed by atoms with Crippen molar-refractivity contribution in [3.05, 3.63) is 0 Å². The molecule has 1 fully saturated rings. The van der Waals surface area contributed by atoms with Gasteiger partial charge in [-0.25, -0.2) is 0 Å². The van der Waals surface area contributed by atoms with E-state index in [9.17, 15) is 0 Å². The van der Waals surface area contributed by atoms with E-state index in [1.807, 2.05) is 7.05 Å². The number of rotatable bonds is 6. The zero-order chi connectivity index (χ0) is 12.5. The van der Waals surface area contributed by atoms with Crippen LogP contribution in [0.4, 0.5) is 0 Å². The van der Waals surface area contributed by atoms with Gasteiger partial charge in [-0.1, -0.05) is 13.8 Å². The maximum absolute atomic E-state index is 4.25. The van der Waals surface area contributed by atoms with Gasteiger partial charge < -0.3 is 10.6 Å². The summed E-state index contributed by atoms with van der Waals surface area (Å²) in [4.78, 5) is 4.25. The highest BCUT2D eigenvalue weighted by molar-refractivity contribution is 8.00. The molecular formula is C13H27N3S. The van der Waals surface area contributed by atoms with Gasteiger partial charge in [0.05, 0.1) is 0 Å². The maximum atomic E-state index is 4.25. The summed E-state index contributed by atoms with van der Waals surface area (Å²) >= 11 is 2.08. The van der Waals surface area contributed by atoms with Gasteiger partial charge in [0.25, 0.3) is 0 Å². The van der Waals surface area contributed by atoms with Crippen molar-refractivity contribution in [3.8, 4) is 0 Å². The van der Waals surface area contributed by atoms with E-state index < -0.39 is 0 Å². The first-order valence-electron chi connectivity index (χ1n) is 6.78. The molecule has 3 nitrogen and oxygen atoms in total. The van der Waals surface area contributed by atoms with Gasteiger partial charge >= 0.3 is 0 Å². The third kappa shape index (κ3) is 6.81. The minimum absolute atomic E-state index is 0.782. The average Bonchev–Trinajstić information content (AvgIpc) is 2.81. The predicted molar refractivity (Wildman–Crippen MR) is 78.9 cm³/mol. The summed E-state index contributed by atoms with van der Waals surface area (Å²) in [5.74, 6) is 3.08. The molecule has 0 saturated carbocycles. The molecule has 0 bridgehead atoms. The largest absolute Gasteiger partial charge is 0.356 e. The van der Waals surface area contributed by atoms with Crippen LogP contribution in [0.2, 0.25) is 0 Å². The summed E-state index contributed by atoms with van der Waals surface area (Å²) in [7, 11) is 1.85. The topological polar surface area (TPSA) is 36.4 Å². The van der Waals surface area contributed by atoms with Gasteiger partial charge in [0.1, 0.15) is 0 Å². The molecule has 1 aliphatic rings. The molecule has 2 N–H and O–H groups in total. The Hall–Kier alpha value is -0.380. The molecule has 0 spiro atoms. The molecule has 1 unspecified atom stereocenters. The summed E-state index contributed by atoms with van der Waals surface area (Å²) < 4.78 is 0. The van der Waals surface area contributed by atoms with Crippen molar-refractivity contribution in [2.75, 3.05) is 25.9 Å². The van der Waals surface area contributed by atoms with E-state index in [0.717, 1.165) is 30.2 Å². The van der Waals surface area contributed by atoms with E-state index in [0.29, 0.717) is 0 Å². The third-order valence-electron chi connectivity index (χ3n) is 3.00. The van der Waals surface area contributed by atoms with Crippen LogP contribution in [0, 0.1) is 5.92 Å². The summed E-state index contributed by atoms with van der Waals surface area (Å²) in [5, 5.41) is 7.58. The van der Waals surface area contributed by atoms with Gasteiger partial charge in [0.15, 0.2) is 5.96 Å². The molecule has 4 heteroatoms. The lowest BCUT2D eigenvalue weighted by atomic mass is 10.1. The molecule has 0 aliphatic carbocycles. The lowest BCUT2D eigenvalue weighted by Gasteiger charge is -2.15. The minimum Gasteiger partial charge on any atom is -0.356 e. The number of aliphatic imine (C=N–C) groups is 1. The fraction of sp³-hybridized carbons (Fsp3) is 0.923. The quantitative estimate of drug-likeness (QED) is 0.436. The second-order valence-corrected chi connectivity index (χ2v) is 6.46. The van der Waals surface area contributed by atoms with Crippen molar-refractivity contribution in [2.24, 2.45) is 10.9 Å². The highest BCUT2D eigenvalue weighted by Crippen LogP contribution is 2.25. The zero-order valence-electron chi connectivity index (χ0n) is 11.5. The second kappa shape index (κ2) is 8.67. The SMILES string of the molecule is CN=C(NCCCC(C)C)NCC1CCCS1. The first-order valence-corrected chi connectivity index (χ1v) is 7.83. The van der Waals surface area contributed by atoms with Gasteiger partial charge in [-0.05, 0) is 37.4 Å². The lowest BCUT2D eigenvalue weighted by Crippen LogP contribution is -2.40. The van der Waals surface area contributed by atoms with Crippen LogP contribution in [0.1, 0.15) is 39.5 Å². The fourth-order valence-corrected chi connectivity index (χ4v) is 3.15. The van der Waals surface area contributed by atoms with Gasteiger partial charge in [-0.2, -0.15) is 11.8 Å². The maximum Gasteiger partial charge on any atom is 0.191 e. The highest BCUT2D eigenvalue weighted by atomic mass is 32.2. The molecule has 1 rings (SSSR count). The fourth-order valence-electron chi connectivity index (χ4n) is 1.95.